The van der Waals surface area contributed by atoms with Gasteiger partial charge in [-0.05, 0) is 75.0 Å². The van der Waals surface area contributed by atoms with Crippen LogP contribution in [0.15, 0.2) is 174 Å². The Kier molecular flexibility index (Phi) is 6.62. The third-order valence-corrected chi connectivity index (χ3v) is 12.0. The summed E-state index contributed by atoms with van der Waals surface area (Å²) in [5.74, 6) is 1.73. The third kappa shape index (κ3) is 4.72. The van der Waals surface area contributed by atoms with Crippen LogP contribution >= 0.6 is 0 Å². The maximum Gasteiger partial charge on any atom is 0.238 e. The molecule has 1 aliphatic carbocycles. The second-order valence-electron chi connectivity index (χ2n) is 15.6. The lowest BCUT2D eigenvalue weighted by Crippen LogP contribution is -2.14. The molecule has 5 nitrogen and oxygen atoms in total. The van der Waals surface area contributed by atoms with Gasteiger partial charge in [0.2, 0.25) is 5.95 Å². The Morgan fingerprint density at radius 3 is 1.98 bits per heavy atom. The van der Waals surface area contributed by atoms with Crippen LogP contribution < -0.4 is 0 Å². The van der Waals surface area contributed by atoms with E-state index in [0.29, 0.717) is 17.6 Å². The molecule has 1 aliphatic rings. The summed E-state index contributed by atoms with van der Waals surface area (Å²) in [4.78, 5) is 15.8. The van der Waals surface area contributed by atoms with Gasteiger partial charge in [0, 0.05) is 43.7 Å². The average molecular weight is 731 g/mol. The zero-order chi connectivity index (χ0) is 37.8. The summed E-state index contributed by atoms with van der Waals surface area (Å²) in [7, 11) is 0. The van der Waals surface area contributed by atoms with Crippen molar-refractivity contribution in [2.24, 2.45) is 0 Å². The summed E-state index contributed by atoms with van der Waals surface area (Å²) in [5.41, 5.74) is 13.0. The largest absolute Gasteiger partial charge is 0.456 e. The highest BCUT2D eigenvalue weighted by molar-refractivity contribution is 6.17. The molecular weight excluding hydrogens is 697 g/mol. The quantitative estimate of drug-likeness (QED) is 0.181. The van der Waals surface area contributed by atoms with Crippen molar-refractivity contribution < 1.29 is 4.42 Å². The molecule has 0 amide bonds. The molecule has 0 atom stereocenters. The number of furan rings is 1. The molecule has 268 valence electrons. The molecule has 0 N–H and O–H groups in total. The first-order valence-electron chi connectivity index (χ1n) is 19.4. The van der Waals surface area contributed by atoms with Gasteiger partial charge in [-0.3, -0.25) is 4.57 Å². The fraction of sp³-hybridized carbons (Fsp3) is 0.0577. The maximum absolute atomic E-state index is 6.34. The van der Waals surface area contributed by atoms with E-state index in [9.17, 15) is 0 Å². The highest BCUT2D eigenvalue weighted by atomic mass is 16.3. The highest BCUT2D eigenvalue weighted by Gasteiger charge is 2.35. The number of hydrogen-bond donors (Lipinski definition) is 0. The lowest BCUT2D eigenvalue weighted by molar-refractivity contribution is 0.660. The molecular formula is C52H34N4O. The Balaban J connectivity index is 1.16. The van der Waals surface area contributed by atoms with Crippen LogP contribution in [-0.4, -0.2) is 19.5 Å². The number of hydrogen-bond acceptors (Lipinski definition) is 4. The summed E-state index contributed by atoms with van der Waals surface area (Å²) in [6.07, 6.45) is 0. The standard InChI is InChI=1S/C52H34N4O/c1-52(2)43-21-10-8-17-37(43)41-28-34(24-26-44(41)52)36-19-12-20-40-42-27-32-15-6-7-16-33(32)29-45(42)56(48(36)40)51-54-49(31-13-4-3-5-14-31)53-50(55-51)35-23-25-39-38-18-9-11-22-46(38)57-47(39)30-35/h3-30H,1-2H3. The minimum absolute atomic E-state index is 0.0774. The molecule has 12 rings (SSSR count). The number of aromatic nitrogens is 4. The van der Waals surface area contributed by atoms with E-state index in [2.05, 4.69) is 152 Å². The van der Waals surface area contributed by atoms with Crippen molar-refractivity contribution >= 4 is 54.5 Å². The molecule has 3 aromatic heterocycles. The van der Waals surface area contributed by atoms with Crippen molar-refractivity contribution in [1.82, 2.24) is 19.5 Å². The van der Waals surface area contributed by atoms with Crippen LogP contribution in [0, 0.1) is 0 Å². The molecule has 0 unspecified atom stereocenters. The molecule has 0 saturated heterocycles. The van der Waals surface area contributed by atoms with Crippen molar-refractivity contribution in [2.45, 2.75) is 19.3 Å². The Hall–Kier alpha value is -7.37. The Bertz CT molecular complexity index is 3450. The molecule has 0 bridgehead atoms. The number of nitrogens with zero attached hydrogens (tertiary/aromatic N) is 4. The zero-order valence-electron chi connectivity index (χ0n) is 31.4. The van der Waals surface area contributed by atoms with Gasteiger partial charge in [-0.25, -0.2) is 4.98 Å². The summed E-state index contributed by atoms with van der Waals surface area (Å²) >= 11 is 0. The van der Waals surface area contributed by atoms with Crippen molar-refractivity contribution in [3.05, 3.63) is 181 Å². The average Bonchev–Trinajstić information content (AvgIpc) is 3.87. The molecule has 0 spiro atoms. The highest BCUT2D eigenvalue weighted by Crippen LogP contribution is 2.50. The van der Waals surface area contributed by atoms with Gasteiger partial charge >= 0.3 is 0 Å². The molecule has 0 radical (unpaired) electrons. The molecule has 5 heteroatoms. The van der Waals surface area contributed by atoms with Gasteiger partial charge in [-0.2, -0.15) is 9.97 Å². The number of rotatable bonds is 4. The van der Waals surface area contributed by atoms with E-state index in [1.54, 1.807) is 0 Å². The maximum atomic E-state index is 6.34. The molecule has 11 aromatic rings. The van der Waals surface area contributed by atoms with Crippen molar-refractivity contribution in [2.75, 3.05) is 0 Å². The zero-order valence-corrected chi connectivity index (χ0v) is 31.4. The van der Waals surface area contributed by atoms with Gasteiger partial charge in [0.15, 0.2) is 11.6 Å². The van der Waals surface area contributed by atoms with Crippen molar-refractivity contribution in [1.29, 1.82) is 0 Å². The summed E-state index contributed by atoms with van der Waals surface area (Å²) in [6.45, 7) is 4.66. The molecule has 0 aliphatic heterocycles. The molecule has 0 fully saturated rings. The van der Waals surface area contributed by atoms with E-state index in [0.717, 1.165) is 71.4 Å². The van der Waals surface area contributed by atoms with Crippen LogP contribution in [0.5, 0.6) is 0 Å². The number of benzene rings is 8. The van der Waals surface area contributed by atoms with Gasteiger partial charge in [-0.15, -0.1) is 0 Å². The van der Waals surface area contributed by atoms with Crippen LogP contribution in [0.3, 0.4) is 0 Å². The van der Waals surface area contributed by atoms with Gasteiger partial charge < -0.3 is 4.42 Å². The Labute approximate surface area is 328 Å². The number of fused-ring (bicyclic) bond motifs is 10. The van der Waals surface area contributed by atoms with Crippen LogP contribution in [0.2, 0.25) is 0 Å². The third-order valence-electron chi connectivity index (χ3n) is 12.0. The van der Waals surface area contributed by atoms with E-state index in [4.69, 9.17) is 19.4 Å². The first-order chi connectivity index (χ1) is 28.0. The second-order valence-corrected chi connectivity index (χ2v) is 15.6. The van der Waals surface area contributed by atoms with E-state index in [-0.39, 0.29) is 5.41 Å². The van der Waals surface area contributed by atoms with Crippen LogP contribution in [0.1, 0.15) is 25.0 Å². The Morgan fingerprint density at radius 2 is 1.11 bits per heavy atom. The van der Waals surface area contributed by atoms with Gasteiger partial charge in [-0.1, -0.05) is 147 Å². The van der Waals surface area contributed by atoms with E-state index >= 15 is 0 Å². The normalized spacial score (nSPS) is 13.2. The molecule has 3 heterocycles. The Morgan fingerprint density at radius 1 is 0.439 bits per heavy atom. The minimum Gasteiger partial charge on any atom is -0.456 e. The monoisotopic (exact) mass is 730 g/mol. The summed E-state index contributed by atoms with van der Waals surface area (Å²) in [6, 6.07) is 60.2. The SMILES string of the molecule is CC1(C)c2ccccc2-c2cc(-c3cccc4c5cc6ccccc6cc5n(-c5nc(-c6ccccc6)nc(-c6ccc7c(c6)oc6ccccc67)n5)c34)ccc21. The van der Waals surface area contributed by atoms with E-state index in [1.807, 2.05) is 36.4 Å². The second kappa shape index (κ2) is 11.8. The first-order valence-corrected chi connectivity index (χ1v) is 19.4. The predicted molar refractivity (Wildman–Crippen MR) is 233 cm³/mol. The lowest BCUT2D eigenvalue weighted by Gasteiger charge is -2.21. The lowest BCUT2D eigenvalue weighted by atomic mass is 9.82. The molecule has 0 saturated carbocycles. The number of para-hydroxylation sites is 2. The topological polar surface area (TPSA) is 56.7 Å². The van der Waals surface area contributed by atoms with Gasteiger partial charge in [0.05, 0.1) is 11.0 Å². The van der Waals surface area contributed by atoms with Crippen LogP contribution in [0.25, 0.3) is 105 Å². The van der Waals surface area contributed by atoms with Gasteiger partial charge in [0.1, 0.15) is 11.2 Å². The van der Waals surface area contributed by atoms with Crippen LogP contribution in [0.4, 0.5) is 0 Å². The molecule has 8 aromatic carbocycles. The fourth-order valence-electron chi connectivity index (χ4n) is 9.25. The van der Waals surface area contributed by atoms with E-state index in [1.165, 1.54) is 27.6 Å². The predicted octanol–water partition coefficient (Wildman–Crippen LogP) is 13.3. The molecule has 57 heavy (non-hydrogen) atoms. The van der Waals surface area contributed by atoms with Crippen molar-refractivity contribution in [3.63, 3.8) is 0 Å². The van der Waals surface area contributed by atoms with Gasteiger partial charge in [0.25, 0.3) is 0 Å². The van der Waals surface area contributed by atoms with Crippen molar-refractivity contribution in [3.8, 4) is 51.0 Å². The summed E-state index contributed by atoms with van der Waals surface area (Å²) in [5, 5.41) is 6.77. The summed E-state index contributed by atoms with van der Waals surface area (Å²) < 4.78 is 8.60. The smallest absolute Gasteiger partial charge is 0.238 e. The fourth-order valence-corrected chi connectivity index (χ4v) is 9.25. The minimum atomic E-state index is -0.0774. The van der Waals surface area contributed by atoms with E-state index < -0.39 is 0 Å². The van der Waals surface area contributed by atoms with Crippen LogP contribution in [-0.2, 0) is 5.41 Å². The first kappa shape index (κ1) is 31.9.